The number of aromatic nitrogens is 3. The minimum absolute atomic E-state index is 0.0821. The third-order valence-electron chi connectivity index (χ3n) is 4.80. The van der Waals surface area contributed by atoms with Crippen molar-refractivity contribution < 1.29 is 9.52 Å². The third kappa shape index (κ3) is 3.05. The Bertz CT molecular complexity index is 1080. The Morgan fingerprint density at radius 2 is 2.00 bits per heavy atom. The zero-order chi connectivity index (χ0) is 19.1. The Labute approximate surface area is 156 Å². The van der Waals surface area contributed by atoms with Crippen LogP contribution >= 0.6 is 0 Å². The van der Waals surface area contributed by atoms with Gasteiger partial charge in [-0.3, -0.25) is 0 Å². The lowest BCUT2D eigenvalue weighted by Crippen LogP contribution is -2.25. The number of benzene rings is 1. The van der Waals surface area contributed by atoms with Crippen LogP contribution in [0.15, 0.2) is 50.9 Å². The molecule has 3 aromatic rings. The first kappa shape index (κ1) is 17.2. The van der Waals surface area contributed by atoms with Gasteiger partial charge in [0.25, 0.3) is 0 Å². The van der Waals surface area contributed by atoms with Crippen LogP contribution in [0.4, 0.5) is 5.95 Å². The van der Waals surface area contributed by atoms with Crippen LogP contribution in [0, 0.1) is 6.92 Å². The average Bonchev–Trinajstić information content (AvgIpc) is 3.09. The second kappa shape index (κ2) is 6.50. The summed E-state index contributed by atoms with van der Waals surface area (Å²) < 4.78 is 6.89. The number of hydrogen-bond acceptors (Lipinski definition) is 6. The minimum atomic E-state index is -0.604. The number of aryl methyl sites for hydroxylation is 1. The number of aromatic hydroxyl groups is 1. The molecule has 7 heteroatoms. The maximum absolute atomic E-state index is 12.3. The van der Waals surface area contributed by atoms with Gasteiger partial charge in [0.2, 0.25) is 5.95 Å². The van der Waals surface area contributed by atoms with Crippen LogP contribution in [0.2, 0.25) is 0 Å². The van der Waals surface area contributed by atoms with Crippen LogP contribution in [-0.2, 0) is 0 Å². The summed E-state index contributed by atoms with van der Waals surface area (Å²) in [6.45, 7) is 5.91. The molecule has 138 valence electrons. The van der Waals surface area contributed by atoms with Gasteiger partial charge in [-0.25, -0.2) is 14.5 Å². The molecule has 0 fully saturated rings. The zero-order valence-corrected chi connectivity index (χ0v) is 15.4. The van der Waals surface area contributed by atoms with Gasteiger partial charge in [-0.05, 0) is 24.0 Å². The Balaban J connectivity index is 1.79. The summed E-state index contributed by atoms with van der Waals surface area (Å²) in [5, 5.41) is 14.6. The molecule has 2 aromatic heterocycles. The lowest BCUT2D eigenvalue weighted by atomic mass is 9.94. The van der Waals surface area contributed by atoms with Gasteiger partial charge in [-0.1, -0.05) is 38.1 Å². The largest absolute Gasteiger partial charge is 0.507 e. The molecule has 0 aliphatic carbocycles. The first-order valence-electron chi connectivity index (χ1n) is 8.85. The number of hydrogen-bond donors (Lipinski definition) is 1. The highest BCUT2D eigenvalue weighted by atomic mass is 16.4. The molecular formula is C20H20N4O3. The van der Waals surface area contributed by atoms with Crippen molar-refractivity contribution in [3.05, 3.63) is 69.5 Å². The summed E-state index contributed by atoms with van der Waals surface area (Å²) in [6.07, 6.45) is 1.84. The van der Waals surface area contributed by atoms with Crippen molar-refractivity contribution in [1.29, 1.82) is 0 Å². The monoisotopic (exact) mass is 364 g/mol. The molecule has 7 nitrogen and oxygen atoms in total. The van der Waals surface area contributed by atoms with E-state index in [2.05, 4.69) is 53.2 Å². The minimum Gasteiger partial charge on any atom is -0.507 e. The molecule has 0 radical (unpaired) electrons. The Morgan fingerprint density at radius 3 is 2.67 bits per heavy atom. The predicted molar refractivity (Wildman–Crippen MR) is 101 cm³/mol. The molecule has 1 aliphatic rings. The molecule has 0 amide bonds. The van der Waals surface area contributed by atoms with E-state index in [0.29, 0.717) is 29.8 Å². The molecule has 4 rings (SSSR count). The fourth-order valence-corrected chi connectivity index (χ4v) is 3.36. The first-order valence-corrected chi connectivity index (χ1v) is 8.85. The van der Waals surface area contributed by atoms with Gasteiger partial charge < -0.3 is 9.52 Å². The quantitative estimate of drug-likeness (QED) is 0.768. The van der Waals surface area contributed by atoms with Gasteiger partial charge in [-0.15, -0.1) is 0 Å². The van der Waals surface area contributed by atoms with Crippen molar-refractivity contribution in [1.82, 2.24) is 14.8 Å². The number of aliphatic imine (C=N–C) groups is 1. The Hall–Kier alpha value is -3.22. The fraction of sp³-hybridized carbons (Fsp3) is 0.300. The molecule has 0 saturated carbocycles. The van der Waals surface area contributed by atoms with Crippen molar-refractivity contribution in [2.24, 2.45) is 4.99 Å². The van der Waals surface area contributed by atoms with Gasteiger partial charge in [0.05, 0.1) is 11.8 Å². The van der Waals surface area contributed by atoms with Gasteiger partial charge >= 0.3 is 5.63 Å². The molecule has 0 saturated heterocycles. The van der Waals surface area contributed by atoms with Crippen LogP contribution in [-0.4, -0.2) is 25.6 Å². The molecule has 0 bridgehead atoms. The lowest BCUT2D eigenvalue weighted by molar-refractivity contribution is 0.431. The molecule has 1 aromatic carbocycles. The van der Waals surface area contributed by atoms with Crippen molar-refractivity contribution in [2.75, 3.05) is 0 Å². The van der Waals surface area contributed by atoms with Gasteiger partial charge in [-0.2, -0.15) is 10.1 Å². The van der Waals surface area contributed by atoms with E-state index < -0.39 is 5.63 Å². The number of fused-ring (bicyclic) bond motifs is 1. The smallest absolute Gasteiger partial charge is 0.348 e. The van der Waals surface area contributed by atoms with E-state index >= 15 is 0 Å². The fourth-order valence-electron chi connectivity index (χ4n) is 3.36. The molecule has 0 unspecified atom stereocenters. The maximum atomic E-state index is 12.3. The first-order chi connectivity index (χ1) is 12.9. The van der Waals surface area contributed by atoms with Crippen molar-refractivity contribution >= 4 is 11.7 Å². The molecule has 3 heterocycles. The normalized spacial score (nSPS) is 16.3. The highest BCUT2D eigenvalue weighted by Crippen LogP contribution is 2.33. The summed E-state index contributed by atoms with van der Waals surface area (Å²) >= 11 is 0. The van der Waals surface area contributed by atoms with Crippen LogP contribution in [0.5, 0.6) is 5.75 Å². The van der Waals surface area contributed by atoms with Crippen LogP contribution in [0.25, 0.3) is 0 Å². The molecule has 1 atom stereocenters. The SMILES string of the molecule is Cc1cc(O)c(C2=Nc3ncnn3[C@@H](c3ccc(C(C)C)cc3)C2)c(=O)o1. The summed E-state index contributed by atoms with van der Waals surface area (Å²) in [6, 6.07) is 9.57. The molecule has 1 aliphatic heterocycles. The van der Waals surface area contributed by atoms with Crippen molar-refractivity contribution in [3.63, 3.8) is 0 Å². The summed E-state index contributed by atoms with van der Waals surface area (Å²) in [4.78, 5) is 20.9. The van der Waals surface area contributed by atoms with E-state index in [1.165, 1.54) is 18.0 Å². The van der Waals surface area contributed by atoms with Crippen molar-refractivity contribution in [3.8, 4) is 5.75 Å². The third-order valence-corrected chi connectivity index (χ3v) is 4.80. The second-order valence-electron chi connectivity index (χ2n) is 7.01. The van der Waals surface area contributed by atoms with E-state index in [1.807, 2.05) is 0 Å². The lowest BCUT2D eigenvalue weighted by Gasteiger charge is -2.24. The summed E-state index contributed by atoms with van der Waals surface area (Å²) in [5.41, 5.74) is 2.21. The highest BCUT2D eigenvalue weighted by Gasteiger charge is 2.29. The topological polar surface area (TPSA) is 93.5 Å². The van der Waals surface area contributed by atoms with Crippen molar-refractivity contribution in [2.45, 2.75) is 39.2 Å². The van der Waals surface area contributed by atoms with E-state index in [-0.39, 0.29) is 17.4 Å². The molecule has 27 heavy (non-hydrogen) atoms. The van der Waals surface area contributed by atoms with Crippen LogP contribution in [0.3, 0.4) is 0 Å². The Morgan fingerprint density at radius 1 is 1.26 bits per heavy atom. The van der Waals surface area contributed by atoms with E-state index in [4.69, 9.17) is 4.42 Å². The van der Waals surface area contributed by atoms with Crippen LogP contribution < -0.4 is 5.63 Å². The zero-order valence-electron chi connectivity index (χ0n) is 15.4. The molecular weight excluding hydrogens is 344 g/mol. The van der Waals surface area contributed by atoms with E-state index in [9.17, 15) is 9.90 Å². The predicted octanol–water partition coefficient (Wildman–Crippen LogP) is 3.48. The van der Waals surface area contributed by atoms with Gasteiger partial charge in [0.1, 0.15) is 23.4 Å². The average molecular weight is 364 g/mol. The molecule has 1 N–H and O–H groups in total. The number of rotatable bonds is 3. The van der Waals surface area contributed by atoms with Crippen LogP contribution in [0.1, 0.15) is 54.7 Å². The number of nitrogens with zero attached hydrogens (tertiary/aromatic N) is 4. The van der Waals surface area contributed by atoms with E-state index in [0.717, 1.165) is 5.56 Å². The van der Waals surface area contributed by atoms with E-state index in [1.54, 1.807) is 11.6 Å². The highest BCUT2D eigenvalue weighted by molar-refractivity contribution is 6.04. The second-order valence-corrected chi connectivity index (χ2v) is 7.01. The molecule has 0 spiro atoms. The van der Waals surface area contributed by atoms with Gasteiger partial charge in [0, 0.05) is 12.5 Å². The summed E-state index contributed by atoms with van der Waals surface area (Å²) in [5.74, 6) is 1.05. The standard InChI is InChI=1S/C20H20N4O3/c1-11(2)13-4-6-14(7-5-13)16-9-15(23-20-21-10-22-24(16)20)18-17(25)8-12(3)27-19(18)26/h4-8,10-11,16,25H,9H2,1-3H3/t16-/m1/s1. The summed E-state index contributed by atoms with van der Waals surface area (Å²) in [7, 11) is 0. The maximum Gasteiger partial charge on any atom is 0.348 e. The van der Waals surface area contributed by atoms with Gasteiger partial charge in [0.15, 0.2) is 0 Å². The Kier molecular flexibility index (Phi) is 4.14.